The van der Waals surface area contributed by atoms with Crippen molar-refractivity contribution in [3.8, 4) is 0 Å². The van der Waals surface area contributed by atoms with Crippen LogP contribution in [0.15, 0.2) is 0 Å². The minimum Gasteiger partial charge on any atom is -1.00 e. The highest BCUT2D eigenvalue weighted by Crippen LogP contribution is 1.96. The van der Waals surface area contributed by atoms with E-state index in [2.05, 4.69) is 4.90 Å². The SMILES string of the molecule is NCCCN1CCOCC1.[Br-].[Br-]. The van der Waals surface area contributed by atoms with Crippen molar-refractivity contribution in [1.82, 2.24) is 4.90 Å². The van der Waals surface area contributed by atoms with E-state index in [1.165, 1.54) is 0 Å². The number of rotatable bonds is 3. The third-order valence-electron chi connectivity index (χ3n) is 1.78. The molecule has 12 heavy (non-hydrogen) atoms. The minimum atomic E-state index is 0. The number of ether oxygens (including phenoxy) is 1. The summed E-state index contributed by atoms with van der Waals surface area (Å²) in [5.74, 6) is 0. The van der Waals surface area contributed by atoms with Crippen LogP contribution in [0.3, 0.4) is 0 Å². The van der Waals surface area contributed by atoms with E-state index in [-0.39, 0.29) is 34.0 Å². The Morgan fingerprint density at radius 3 is 2.25 bits per heavy atom. The van der Waals surface area contributed by atoms with Gasteiger partial charge >= 0.3 is 0 Å². The molecule has 0 spiro atoms. The molecular weight excluding hydrogens is 288 g/mol. The van der Waals surface area contributed by atoms with Crippen LogP contribution >= 0.6 is 0 Å². The van der Waals surface area contributed by atoms with Gasteiger partial charge in [-0.3, -0.25) is 4.90 Å². The molecule has 0 atom stereocenters. The summed E-state index contributed by atoms with van der Waals surface area (Å²) in [7, 11) is 0. The second-order valence-corrected chi connectivity index (χ2v) is 2.60. The van der Waals surface area contributed by atoms with Crippen molar-refractivity contribution in [2.75, 3.05) is 39.4 Å². The first kappa shape index (κ1) is 15.3. The number of nitrogens with two attached hydrogens (primary N) is 1. The van der Waals surface area contributed by atoms with Crippen molar-refractivity contribution in [3.63, 3.8) is 0 Å². The molecule has 2 N–H and O–H groups in total. The Bertz CT molecular complexity index is 89.5. The first-order chi connectivity index (χ1) is 4.93. The monoisotopic (exact) mass is 302 g/mol. The van der Waals surface area contributed by atoms with Crippen LogP contribution in [0, 0.1) is 0 Å². The second-order valence-electron chi connectivity index (χ2n) is 2.60. The predicted molar refractivity (Wildman–Crippen MR) is 40.9 cm³/mol. The molecule has 1 heterocycles. The topological polar surface area (TPSA) is 38.5 Å². The summed E-state index contributed by atoms with van der Waals surface area (Å²) in [6.07, 6.45) is 1.11. The van der Waals surface area contributed by atoms with Crippen molar-refractivity contribution in [3.05, 3.63) is 0 Å². The van der Waals surface area contributed by atoms with Gasteiger partial charge in [0, 0.05) is 13.1 Å². The average molecular weight is 304 g/mol. The Labute approximate surface area is 95.2 Å². The van der Waals surface area contributed by atoms with Gasteiger partial charge in [0.25, 0.3) is 0 Å². The Morgan fingerprint density at radius 2 is 1.75 bits per heavy atom. The molecule has 0 radical (unpaired) electrons. The lowest BCUT2D eigenvalue weighted by Gasteiger charge is -2.26. The van der Waals surface area contributed by atoms with Gasteiger partial charge in [-0.2, -0.15) is 0 Å². The first-order valence-electron chi connectivity index (χ1n) is 3.93. The van der Waals surface area contributed by atoms with E-state index in [1.807, 2.05) is 0 Å². The lowest BCUT2D eigenvalue weighted by atomic mass is 10.3. The Kier molecular flexibility index (Phi) is 12.7. The molecule has 5 heteroatoms. The number of halogens is 2. The zero-order chi connectivity index (χ0) is 7.23. The van der Waals surface area contributed by atoms with Crippen LogP contribution < -0.4 is 39.7 Å². The summed E-state index contributed by atoms with van der Waals surface area (Å²) in [6, 6.07) is 0. The maximum absolute atomic E-state index is 5.39. The van der Waals surface area contributed by atoms with Crippen LogP contribution in [0.1, 0.15) is 6.42 Å². The highest BCUT2D eigenvalue weighted by molar-refractivity contribution is 4.61. The molecule has 0 aromatic rings. The third-order valence-corrected chi connectivity index (χ3v) is 1.78. The molecular formula is C7H16Br2N2O-2. The van der Waals surface area contributed by atoms with Gasteiger partial charge in [0.15, 0.2) is 0 Å². The lowest BCUT2D eigenvalue weighted by Crippen LogP contribution is -3.00. The van der Waals surface area contributed by atoms with Gasteiger partial charge < -0.3 is 44.4 Å². The summed E-state index contributed by atoms with van der Waals surface area (Å²) in [6.45, 7) is 5.90. The van der Waals surface area contributed by atoms with Crippen LogP contribution in [-0.4, -0.2) is 44.3 Å². The fraction of sp³-hybridized carbons (Fsp3) is 1.00. The van der Waals surface area contributed by atoms with Gasteiger partial charge in [-0.15, -0.1) is 0 Å². The second kappa shape index (κ2) is 9.92. The third kappa shape index (κ3) is 6.37. The van der Waals surface area contributed by atoms with Crippen LogP contribution in [-0.2, 0) is 4.74 Å². The average Bonchev–Trinajstić information content (AvgIpc) is 2.03. The van der Waals surface area contributed by atoms with E-state index in [1.54, 1.807) is 0 Å². The summed E-state index contributed by atoms with van der Waals surface area (Å²) < 4.78 is 5.21. The quantitative estimate of drug-likeness (QED) is 0.564. The summed E-state index contributed by atoms with van der Waals surface area (Å²) in [5, 5.41) is 0. The molecule has 1 rings (SSSR count). The molecule has 1 aliphatic heterocycles. The molecule has 1 fully saturated rings. The molecule has 1 aliphatic rings. The largest absolute Gasteiger partial charge is 1.00 e. The van der Waals surface area contributed by atoms with E-state index < -0.39 is 0 Å². The number of hydrogen-bond donors (Lipinski definition) is 1. The fourth-order valence-electron chi connectivity index (χ4n) is 1.14. The molecule has 0 aromatic carbocycles. The zero-order valence-electron chi connectivity index (χ0n) is 7.14. The molecule has 0 unspecified atom stereocenters. The maximum atomic E-state index is 5.39. The molecule has 3 nitrogen and oxygen atoms in total. The minimum absolute atomic E-state index is 0. The van der Waals surface area contributed by atoms with Crippen molar-refractivity contribution in [2.45, 2.75) is 6.42 Å². The van der Waals surface area contributed by atoms with Gasteiger partial charge in [-0.1, -0.05) is 0 Å². The van der Waals surface area contributed by atoms with Gasteiger partial charge in [-0.25, -0.2) is 0 Å². The number of hydrogen-bond acceptors (Lipinski definition) is 3. The highest BCUT2D eigenvalue weighted by Gasteiger charge is 2.07. The number of morpholine rings is 1. The summed E-state index contributed by atoms with van der Waals surface area (Å²) in [5.41, 5.74) is 5.39. The molecule has 0 amide bonds. The summed E-state index contributed by atoms with van der Waals surface area (Å²) in [4.78, 5) is 2.40. The highest BCUT2D eigenvalue weighted by atomic mass is 79.9. The molecule has 0 saturated carbocycles. The Balaban J connectivity index is 0. The fourth-order valence-corrected chi connectivity index (χ4v) is 1.14. The van der Waals surface area contributed by atoms with Crippen molar-refractivity contribution in [1.29, 1.82) is 0 Å². The number of nitrogens with zero attached hydrogens (tertiary/aromatic N) is 1. The van der Waals surface area contributed by atoms with Crippen molar-refractivity contribution < 1.29 is 38.7 Å². The van der Waals surface area contributed by atoms with Gasteiger partial charge in [0.1, 0.15) is 0 Å². The molecule has 1 saturated heterocycles. The van der Waals surface area contributed by atoms with Crippen LogP contribution in [0.5, 0.6) is 0 Å². The van der Waals surface area contributed by atoms with Crippen molar-refractivity contribution >= 4 is 0 Å². The maximum Gasteiger partial charge on any atom is 0.0594 e. The van der Waals surface area contributed by atoms with Gasteiger partial charge in [0.2, 0.25) is 0 Å². The van der Waals surface area contributed by atoms with E-state index in [0.29, 0.717) is 0 Å². The smallest absolute Gasteiger partial charge is 0.0594 e. The van der Waals surface area contributed by atoms with Crippen LogP contribution in [0.2, 0.25) is 0 Å². The molecule has 0 aliphatic carbocycles. The van der Waals surface area contributed by atoms with E-state index >= 15 is 0 Å². The normalized spacial score (nSPS) is 17.8. The standard InChI is InChI=1S/C7H16N2O.2BrH/c8-2-1-3-9-4-6-10-7-5-9;;/h1-8H2;2*1H/p-2. The predicted octanol–water partition coefficient (Wildman–Crippen LogP) is -6.32. The molecule has 0 bridgehead atoms. The van der Waals surface area contributed by atoms with Gasteiger partial charge in [0.05, 0.1) is 13.2 Å². The first-order valence-corrected chi connectivity index (χ1v) is 3.93. The Hall–Kier alpha value is 0.840. The van der Waals surface area contributed by atoms with E-state index in [9.17, 15) is 0 Å². The van der Waals surface area contributed by atoms with E-state index in [0.717, 1.165) is 45.8 Å². The van der Waals surface area contributed by atoms with Crippen molar-refractivity contribution in [2.24, 2.45) is 5.73 Å². The van der Waals surface area contributed by atoms with Crippen LogP contribution in [0.4, 0.5) is 0 Å². The van der Waals surface area contributed by atoms with Gasteiger partial charge in [-0.05, 0) is 19.5 Å². The lowest BCUT2D eigenvalue weighted by molar-refractivity contribution is -0.001000. The Morgan fingerprint density at radius 1 is 1.17 bits per heavy atom. The molecule has 76 valence electrons. The summed E-state index contributed by atoms with van der Waals surface area (Å²) >= 11 is 0. The molecule has 0 aromatic heterocycles. The van der Waals surface area contributed by atoms with Crippen LogP contribution in [0.25, 0.3) is 0 Å². The van der Waals surface area contributed by atoms with E-state index in [4.69, 9.17) is 10.5 Å². The zero-order valence-corrected chi connectivity index (χ0v) is 10.3.